The molecule has 2 radical (unpaired) electrons. The van der Waals surface area contributed by atoms with E-state index in [9.17, 15) is 0 Å². The molecular weight excluding hydrogens is 83.5 g/mol. The summed E-state index contributed by atoms with van der Waals surface area (Å²) >= 11 is 5.09. The molecule has 0 aliphatic heterocycles. The van der Waals surface area contributed by atoms with Gasteiger partial charge in [0.2, 0.25) is 0 Å². The second kappa shape index (κ2) is 2.52. The average molecular weight is 90.6 g/mol. The molecule has 0 nitrogen and oxygen atoms in total. The van der Waals surface area contributed by atoms with Crippen molar-refractivity contribution in [3.05, 3.63) is 5.88 Å². The van der Waals surface area contributed by atoms with Crippen molar-refractivity contribution in [2.45, 2.75) is 13.8 Å². The Hall–Kier alpha value is 0.290. The van der Waals surface area contributed by atoms with E-state index in [1.54, 1.807) is 0 Å². The predicted molar refractivity (Wildman–Crippen MR) is 23.9 cm³/mol. The fourth-order valence-corrected chi connectivity index (χ4v) is 0. The van der Waals surface area contributed by atoms with E-state index in [0.29, 0.717) is 5.92 Å². The van der Waals surface area contributed by atoms with Crippen LogP contribution in [0.4, 0.5) is 0 Å². The third kappa shape index (κ3) is 4.29. The van der Waals surface area contributed by atoms with Gasteiger partial charge < -0.3 is 0 Å². The van der Waals surface area contributed by atoms with Gasteiger partial charge in [-0.1, -0.05) is 13.8 Å². The first-order valence-electron chi connectivity index (χ1n) is 1.63. The van der Waals surface area contributed by atoms with Crippen LogP contribution < -0.4 is 0 Å². The fraction of sp³-hybridized carbons (Fsp3) is 0.750. The average Bonchev–Trinajstić information content (AvgIpc) is 1.38. The molecule has 0 atom stereocenters. The molecule has 0 fully saturated rings. The summed E-state index contributed by atoms with van der Waals surface area (Å²) in [5.74, 6) is 2.90. The first-order valence-corrected chi connectivity index (χ1v) is 2.01. The zero-order valence-corrected chi connectivity index (χ0v) is 4.21. The van der Waals surface area contributed by atoms with Gasteiger partial charge >= 0.3 is 0 Å². The molecule has 0 aromatic carbocycles. The summed E-state index contributed by atoms with van der Waals surface area (Å²) in [6.45, 7) is 3.96. The first kappa shape index (κ1) is 5.29. The highest BCUT2D eigenvalue weighted by atomic mass is 35.5. The van der Waals surface area contributed by atoms with Crippen molar-refractivity contribution >= 4 is 11.6 Å². The summed E-state index contributed by atoms with van der Waals surface area (Å²) < 4.78 is 0. The molecule has 0 heterocycles. The van der Waals surface area contributed by atoms with Crippen molar-refractivity contribution in [1.82, 2.24) is 0 Å². The van der Waals surface area contributed by atoms with Gasteiger partial charge in [-0.2, -0.15) is 0 Å². The molecule has 0 spiro atoms. The van der Waals surface area contributed by atoms with E-state index in [0.717, 1.165) is 0 Å². The quantitative estimate of drug-likeness (QED) is 0.462. The van der Waals surface area contributed by atoms with Crippen LogP contribution in [0.5, 0.6) is 0 Å². The molecule has 30 valence electrons. The molecule has 0 bridgehead atoms. The number of hydrogen-bond donors (Lipinski definition) is 0. The molecule has 0 unspecified atom stereocenters. The molecule has 0 aliphatic carbocycles. The van der Waals surface area contributed by atoms with Crippen LogP contribution in [0.2, 0.25) is 0 Å². The molecule has 0 aliphatic rings. The van der Waals surface area contributed by atoms with Gasteiger partial charge in [0, 0.05) is 0 Å². The Kier molecular flexibility index (Phi) is 2.67. The standard InChI is InChI=1S/C4H7Cl/c1-4(2)3-5/h4H,1-2H3. The van der Waals surface area contributed by atoms with Crippen molar-refractivity contribution < 1.29 is 0 Å². The Morgan fingerprint density at radius 2 is 1.80 bits per heavy atom. The van der Waals surface area contributed by atoms with Crippen molar-refractivity contribution in [3.63, 3.8) is 0 Å². The lowest BCUT2D eigenvalue weighted by molar-refractivity contribution is 0.808. The van der Waals surface area contributed by atoms with Crippen molar-refractivity contribution in [3.8, 4) is 0 Å². The van der Waals surface area contributed by atoms with Crippen molar-refractivity contribution in [1.29, 1.82) is 0 Å². The Bertz CT molecular complexity index is 17.6. The maximum Gasteiger partial charge on any atom is 0.0892 e. The number of hydrogen-bond acceptors (Lipinski definition) is 0. The van der Waals surface area contributed by atoms with Gasteiger partial charge in [-0.05, 0) is 5.92 Å². The first-order chi connectivity index (χ1) is 2.27. The van der Waals surface area contributed by atoms with Gasteiger partial charge in [0.1, 0.15) is 0 Å². The minimum Gasteiger partial charge on any atom is -0.115 e. The third-order valence-electron chi connectivity index (χ3n) is 0.218. The minimum atomic E-state index is 0.400. The van der Waals surface area contributed by atoms with Crippen LogP contribution in [0.15, 0.2) is 0 Å². The summed E-state index contributed by atoms with van der Waals surface area (Å²) in [5.41, 5.74) is 0. The van der Waals surface area contributed by atoms with Crippen LogP contribution in [-0.2, 0) is 0 Å². The van der Waals surface area contributed by atoms with Gasteiger partial charge in [-0.25, -0.2) is 0 Å². The lowest BCUT2D eigenvalue weighted by Gasteiger charge is -1.86. The summed E-state index contributed by atoms with van der Waals surface area (Å²) in [5, 5.41) is 0. The van der Waals surface area contributed by atoms with Crippen LogP contribution in [-0.4, -0.2) is 0 Å². The Labute approximate surface area is 38.1 Å². The SMILES string of the molecule is CC(C)[C]Cl. The molecule has 0 N–H and O–H groups in total. The number of rotatable bonds is 1. The molecular formula is C4H7Cl. The summed E-state index contributed by atoms with van der Waals surface area (Å²) in [4.78, 5) is 0. The van der Waals surface area contributed by atoms with Gasteiger partial charge in [0.15, 0.2) is 0 Å². The van der Waals surface area contributed by atoms with Crippen LogP contribution in [0, 0.1) is 11.8 Å². The molecule has 0 rings (SSSR count). The van der Waals surface area contributed by atoms with E-state index in [-0.39, 0.29) is 0 Å². The number of halogens is 1. The highest BCUT2D eigenvalue weighted by Gasteiger charge is 1.84. The minimum absolute atomic E-state index is 0.400. The maximum atomic E-state index is 5.09. The van der Waals surface area contributed by atoms with Crippen molar-refractivity contribution in [2.24, 2.45) is 5.92 Å². The lowest BCUT2D eigenvalue weighted by Crippen LogP contribution is -1.75. The Morgan fingerprint density at radius 3 is 1.80 bits per heavy atom. The van der Waals surface area contributed by atoms with E-state index in [4.69, 9.17) is 11.6 Å². The zero-order valence-electron chi connectivity index (χ0n) is 3.46. The van der Waals surface area contributed by atoms with E-state index in [1.165, 1.54) is 0 Å². The lowest BCUT2D eigenvalue weighted by atomic mass is 10.3. The normalized spacial score (nSPS) is 9.60. The van der Waals surface area contributed by atoms with Crippen LogP contribution >= 0.6 is 11.6 Å². The largest absolute Gasteiger partial charge is 0.115 e. The predicted octanol–water partition coefficient (Wildman–Crippen LogP) is 1.92. The zero-order chi connectivity index (χ0) is 4.28. The third-order valence-corrected chi connectivity index (χ3v) is 0.655. The molecule has 0 aromatic rings. The second-order valence-electron chi connectivity index (χ2n) is 1.26. The molecule has 0 amide bonds. The second-order valence-corrected chi connectivity index (χ2v) is 1.48. The maximum absolute atomic E-state index is 5.09. The fourth-order valence-electron chi connectivity index (χ4n) is 0. The van der Waals surface area contributed by atoms with Gasteiger partial charge in [0.25, 0.3) is 0 Å². The Morgan fingerprint density at radius 1 is 1.60 bits per heavy atom. The van der Waals surface area contributed by atoms with E-state index in [2.05, 4.69) is 5.88 Å². The Balaban J connectivity index is 2.54. The highest BCUT2D eigenvalue weighted by Crippen LogP contribution is 1.98. The van der Waals surface area contributed by atoms with Gasteiger partial charge in [-0.3, -0.25) is 0 Å². The highest BCUT2D eigenvalue weighted by molar-refractivity contribution is 6.23. The topological polar surface area (TPSA) is 0 Å². The van der Waals surface area contributed by atoms with Crippen LogP contribution in [0.1, 0.15) is 13.8 Å². The molecule has 1 heteroatoms. The van der Waals surface area contributed by atoms with E-state index < -0.39 is 0 Å². The molecule has 5 heavy (non-hydrogen) atoms. The summed E-state index contributed by atoms with van der Waals surface area (Å²) in [6, 6.07) is 0. The summed E-state index contributed by atoms with van der Waals surface area (Å²) in [7, 11) is 0. The van der Waals surface area contributed by atoms with E-state index in [1.807, 2.05) is 13.8 Å². The summed E-state index contributed by atoms with van der Waals surface area (Å²) in [6.07, 6.45) is 0. The smallest absolute Gasteiger partial charge is 0.0892 e. The van der Waals surface area contributed by atoms with Crippen molar-refractivity contribution in [2.75, 3.05) is 0 Å². The monoisotopic (exact) mass is 90.0 g/mol. The van der Waals surface area contributed by atoms with Gasteiger partial charge in [0.05, 0.1) is 5.88 Å². The van der Waals surface area contributed by atoms with Gasteiger partial charge in [-0.15, -0.1) is 11.6 Å². The van der Waals surface area contributed by atoms with E-state index >= 15 is 0 Å². The molecule has 0 aromatic heterocycles. The molecule has 0 saturated carbocycles. The van der Waals surface area contributed by atoms with Crippen LogP contribution in [0.25, 0.3) is 0 Å². The van der Waals surface area contributed by atoms with Crippen LogP contribution in [0.3, 0.4) is 0 Å². The molecule has 0 saturated heterocycles.